The number of methoxy groups -OCH3 is 1. The molecule has 0 spiro atoms. The van der Waals surface area contributed by atoms with Crippen LogP contribution < -0.4 is 10.6 Å². The molecule has 0 unspecified atom stereocenters. The van der Waals surface area contributed by atoms with Crippen LogP contribution in [0.2, 0.25) is 0 Å². The molecular weight excluding hydrogens is 292 g/mol. The van der Waals surface area contributed by atoms with Gasteiger partial charge >= 0.3 is 12.1 Å². The van der Waals surface area contributed by atoms with E-state index in [1.807, 2.05) is 0 Å². The Balaban J connectivity index is 3.27. The number of benzene rings is 1. The second kappa shape index (κ2) is 6.64. The highest BCUT2D eigenvalue weighted by molar-refractivity contribution is 5.96. The number of esters is 1. The molecular formula is C13H16F4N2O2. The van der Waals surface area contributed by atoms with Crippen LogP contribution in [-0.4, -0.2) is 32.3 Å². The van der Waals surface area contributed by atoms with Crippen LogP contribution in [0, 0.1) is 5.82 Å². The van der Waals surface area contributed by atoms with Crippen molar-refractivity contribution in [3.8, 4) is 0 Å². The number of carbonyl (C=O) groups is 1. The van der Waals surface area contributed by atoms with E-state index in [2.05, 4.69) is 4.74 Å². The minimum absolute atomic E-state index is 0.0129. The summed E-state index contributed by atoms with van der Waals surface area (Å²) in [5, 5.41) is 0. The quantitative estimate of drug-likeness (QED) is 0.516. The molecule has 118 valence electrons. The molecule has 0 atom stereocenters. The summed E-state index contributed by atoms with van der Waals surface area (Å²) in [4.78, 5) is 12.3. The highest BCUT2D eigenvalue weighted by atomic mass is 19.4. The van der Waals surface area contributed by atoms with Crippen molar-refractivity contribution in [2.75, 3.05) is 30.8 Å². The standard InChI is InChI=1S/C13H16F4N2O2/c1-3-4-19(7-13(15,16)17)11-5-8(12(20)21-2)10(18)6-9(11)14/h5-6H,3-4,7,18H2,1-2H3. The third kappa shape index (κ3) is 4.51. The van der Waals surface area contributed by atoms with Gasteiger partial charge < -0.3 is 15.4 Å². The number of ether oxygens (including phenoxy) is 1. The van der Waals surface area contributed by atoms with E-state index in [1.54, 1.807) is 6.92 Å². The monoisotopic (exact) mass is 308 g/mol. The third-order valence-electron chi connectivity index (χ3n) is 2.73. The van der Waals surface area contributed by atoms with E-state index in [0.717, 1.165) is 24.1 Å². The van der Waals surface area contributed by atoms with E-state index in [4.69, 9.17) is 5.73 Å². The number of alkyl halides is 3. The van der Waals surface area contributed by atoms with Gasteiger partial charge in [0.1, 0.15) is 12.4 Å². The van der Waals surface area contributed by atoms with Crippen molar-refractivity contribution in [2.24, 2.45) is 0 Å². The van der Waals surface area contributed by atoms with Crippen LogP contribution >= 0.6 is 0 Å². The molecule has 2 N–H and O–H groups in total. The molecule has 0 amide bonds. The van der Waals surface area contributed by atoms with Crippen LogP contribution in [0.5, 0.6) is 0 Å². The zero-order chi connectivity index (χ0) is 16.2. The molecule has 0 aliphatic carbocycles. The molecule has 1 aromatic carbocycles. The Hall–Kier alpha value is -1.99. The van der Waals surface area contributed by atoms with Gasteiger partial charge in [-0.25, -0.2) is 9.18 Å². The van der Waals surface area contributed by atoms with Gasteiger partial charge in [-0.1, -0.05) is 6.92 Å². The number of hydrogen-bond donors (Lipinski definition) is 1. The molecule has 0 aromatic heterocycles. The molecule has 0 aliphatic heterocycles. The molecule has 4 nitrogen and oxygen atoms in total. The first-order valence-electron chi connectivity index (χ1n) is 6.18. The molecule has 1 aromatic rings. The summed E-state index contributed by atoms with van der Waals surface area (Å²) in [6.45, 7) is 0.336. The molecule has 8 heteroatoms. The van der Waals surface area contributed by atoms with Crippen molar-refractivity contribution >= 4 is 17.3 Å². The maximum atomic E-state index is 13.9. The zero-order valence-electron chi connectivity index (χ0n) is 11.6. The first-order valence-corrected chi connectivity index (χ1v) is 6.18. The number of nitrogen functional groups attached to an aromatic ring is 1. The van der Waals surface area contributed by atoms with E-state index in [-0.39, 0.29) is 23.5 Å². The summed E-state index contributed by atoms with van der Waals surface area (Å²) in [5.74, 6) is -1.75. The van der Waals surface area contributed by atoms with Crippen molar-refractivity contribution in [1.82, 2.24) is 0 Å². The van der Waals surface area contributed by atoms with Crippen LogP contribution in [0.25, 0.3) is 0 Å². The highest BCUT2D eigenvalue weighted by Gasteiger charge is 2.32. The summed E-state index contributed by atoms with van der Waals surface area (Å²) in [6, 6.07) is 1.80. The average Bonchev–Trinajstić information content (AvgIpc) is 2.36. The summed E-state index contributed by atoms with van der Waals surface area (Å²) in [6.07, 6.45) is -4.11. The normalized spacial score (nSPS) is 11.3. The van der Waals surface area contributed by atoms with Crippen LogP contribution in [0.4, 0.5) is 28.9 Å². The number of hydrogen-bond acceptors (Lipinski definition) is 4. The minimum atomic E-state index is -4.49. The lowest BCUT2D eigenvalue weighted by Crippen LogP contribution is -2.35. The average molecular weight is 308 g/mol. The third-order valence-corrected chi connectivity index (χ3v) is 2.73. The molecule has 0 fully saturated rings. The van der Waals surface area contributed by atoms with E-state index in [1.165, 1.54) is 0 Å². The lowest BCUT2D eigenvalue weighted by Gasteiger charge is -2.26. The van der Waals surface area contributed by atoms with E-state index < -0.39 is 24.5 Å². The maximum Gasteiger partial charge on any atom is 0.405 e. The summed E-state index contributed by atoms with van der Waals surface area (Å²) in [7, 11) is 1.10. The largest absolute Gasteiger partial charge is 0.465 e. The van der Waals surface area contributed by atoms with Gasteiger partial charge in [-0.2, -0.15) is 13.2 Å². The number of anilines is 2. The number of rotatable bonds is 5. The number of nitrogens with two attached hydrogens (primary N) is 1. The molecule has 21 heavy (non-hydrogen) atoms. The van der Waals surface area contributed by atoms with Crippen LogP contribution in [0.15, 0.2) is 12.1 Å². The maximum absolute atomic E-state index is 13.9. The van der Waals surface area contributed by atoms with Crippen molar-refractivity contribution in [3.05, 3.63) is 23.5 Å². The Labute approximate surface area is 119 Å². The van der Waals surface area contributed by atoms with Gasteiger partial charge in [-0.3, -0.25) is 0 Å². The van der Waals surface area contributed by atoms with Gasteiger partial charge in [0.15, 0.2) is 0 Å². The van der Waals surface area contributed by atoms with Crippen molar-refractivity contribution < 1.29 is 27.1 Å². The van der Waals surface area contributed by atoms with Crippen molar-refractivity contribution in [3.63, 3.8) is 0 Å². The predicted octanol–water partition coefficient (Wildman–Crippen LogP) is 2.97. The lowest BCUT2D eigenvalue weighted by atomic mass is 10.1. The van der Waals surface area contributed by atoms with Gasteiger partial charge in [0.05, 0.1) is 18.4 Å². The number of carbonyl (C=O) groups excluding carboxylic acids is 1. The molecule has 0 radical (unpaired) electrons. The molecule has 0 bridgehead atoms. The van der Waals surface area contributed by atoms with Crippen LogP contribution in [-0.2, 0) is 4.74 Å². The molecule has 0 saturated heterocycles. The topological polar surface area (TPSA) is 55.6 Å². The fraction of sp³-hybridized carbons (Fsp3) is 0.462. The van der Waals surface area contributed by atoms with Crippen molar-refractivity contribution in [1.29, 1.82) is 0 Å². The highest BCUT2D eigenvalue weighted by Crippen LogP contribution is 2.29. The summed E-state index contributed by atoms with van der Waals surface area (Å²) >= 11 is 0. The van der Waals surface area contributed by atoms with Crippen LogP contribution in [0.3, 0.4) is 0 Å². The zero-order valence-corrected chi connectivity index (χ0v) is 11.6. The number of nitrogens with zero attached hydrogens (tertiary/aromatic N) is 1. The first kappa shape index (κ1) is 17.1. The molecule has 0 aliphatic rings. The predicted molar refractivity (Wildman–Crippen MR) is 70.7 cm³/mol. The smallest absolute Gasteiger partial charge is 0.405 e. The molecule has 1 rings (SSSR count). The first-order chi connectivity index (χ1) is 9.69. The Bertz CT molecular complexity index is 518. The Morgan fingerprint density at radius 2 is 2.00 bits per heavy atom. The van der Waals surface area contributed by atoms with Gasteiger partial charge in [0.2, 0.25) is 0 Å². The fourth-order valence-corrected chi connectivity index (χ4v) is 1.88. The lowest BCUT2D eigenvalue weighted by molar-refractivity contribution is -0.119. The minimum Gasteiger partial charge on any atom is -0.465 e. The fourth-order valence-electron chi connectivity index (χ4n) is 1.88. The van der Waals surface area contributed by atoms with Gasteiger partial charge in [0, 0.05) is 12.2 Å². The molecule has 0 saturated carbocycles. The van der Waals surface area contributed by atoms with E-state index in [0.29, 0.717) is 6.42 Å². The second-order valence-electron chi connectivity index (χ2n) is 4.42. The van der Waals surface area contributed by atoms with E-state index in [9.17, 15) is 22.4 Å². The summed E-state index contributed by atoms with van der Waals surface area (Å²) < 4.78 is 56.1. The number of halogens is 4. The Kier molecular flexibility index (Phi) is 5.40. The van der Waals surface area contributed by atoms with Gasteiger partial charge in [-0.15, -0.1) is 0 Å². The van der Waals surface area contributed by atoms with E-state index >= 15 is 0 Å². The van der Waals surface area contributed by atoms with Gasteiger partial charge in [0.25, 0.3) is 0 Å². The second-order valence-corrected chi connectivity index (χ2v) is 4.42. The van der Waals surface area contributed by atoms with Gasteiger partial charge in [-0.05, 0) is 18.6 Å². The van der Waals surface area contributed by atoms with Crippen LogP contribution in [0.1, 0.15) is 23.7 Å². The van der Waals surface area contributed by atoms with Crippen molar-refractivity contribution in [2.45, 2.75) is 19.5 Å². The Morgan fingerprint density at radius 3 is 2.48 bits per heavy atom. The summed E-state index contributed by atoms with van der Waals surface area (Å²) in [5.41, 5.74) is 4.80. The Morgan fingerprint density at radius 1 is 1.38 bits per heavy atom. The molecule has 0 heterocycles. The SMILES string of the molecule is CCCN(CC(F)(F)F)c1cc(C(=O)OC)c(N)cc1F.